The number of amides is 1. The molecule has 0 saturated carbocycles. The SMILES string of the molecule is COc1nc2c(cc1C(=O)N1C[C@@H](C(=O)O)[C@H](C(C)C)C1)CCC2. The Hall–Kier alpha value is -2.11. The van der Waals surface area contributed by atoms with Crippen molar-refractivity contribution in [2.45, 2.75) is 33.1 Å². The number of carboxylic acids is 1. The van der Waals surface area contributed by atoms with E-state index in [1.807, 2.05) is 19.9 Å². The molecule has 1 fully saturated rings. The summed E-state index contributed by atoms with van der Waals surface area (Å²) in [6.45, 7) is 4.73. The highest BCUT2D eigenvalue weighted by Crippen LogP contribution is 2.33. The molecule has 1 amide bonds. The molecule has 0 spiro atoms. The zero-order valence-electron chi connectivity index (χ0n) is 14.4. The van der Waals surface area contributed by atoms with Crippen LogP contribution in [0.2, 0.25) is 0 Å². The van der Waals surface area contributed by atoms with Gasteiger partial charge in [-0.15, -0.1) is 0 Å². The van der Waals surface area contributed by atoms with Gasteiger partial charge in [-0.25, -0.2) is 4.98 Å². The van der Waals surface area contributed by atoms with Gasteiger partial charge in [0, 0.05) is 18.8 Å². The van der Waals surface area contributed by atoms with Gasteiger partial charge in [-0.2, -0.15) is 0 Å². The highest BCUT2D eigenvalue weighted by Gasteiger charge is 2.41. The number of rotatable bonds is 4. The first-order valence-corrected chi connectivity index (χ1v) is 8.51. The summed E-state index contributed by atoms with van der Waals surface area (Å²) < 4.78 is 5.32. The van der Waals surface area contributed by atoms with Crippen LogP contribution < -0.4 is 4.74 Å². The fourth-order valence-corrected chi connectivity index (χ4v) is 3.86. The summed E-state index contributed by atoms with van der Waals surface area (Å²) in [5.74, 6) is -0.988. The molecule has 0 bridgehead atoms. The van der Waals surface area contributed by atoms with Crippen LogP contribution >= 0.6 is 0 Å². The number of hydrogen-bond donors (Lipinski definition) is 1. The Kier molecular flexibility index (Phi) is 4.47. The van der Waals surface area contributed by atoms with Gasteiger partial charge in [-0.3, -0.25) is 9.59 Å². The first-order valence-electron chi connectivity index (χ1n) is 8.51. The molecule has 130 valence electrons. The number of aliphatic carboxylic acids is 1. The van der Waals surface area contributed by atoms with Crippen LogP contribution in [0.5, 0.6) is 5.88 Å². The molecule has 2 atom stereocenters. The number of pyridine rings is 1. The number of ether oxygens (including phenoxy) is 1. The fourth-order valence-electron chi connectivity index (χ4n) is 3.86. The number of aryl methyl sites for hydroxylation is 2. The van der Waals surface area contributed by atoms with Crippen molar-refractivity contribution in [3.8, 4) is 5.88 Å². The van der Waals surface area contributed by atoms with E-state index in [2.05, 4.69) is 4.98 Å². The average Bonchev–Trinajstić information content (AvgIpc) is 3.19. The minimum absolute atomic E-state index is 0.0279. The van der Waals surface area contributed by atoms with Crippen LogP contribution in [0.4, 0.5) is 0 Å². The fraction of sp³-hybridized carbons (Fsp3) is 0.611. The first kappa shape index (κ1) is 16.7. The maximum atomic E-state index is 13.0. The number of fused-ring (bicyclic) bond motifs is 1. The molecule has 1 saturated heterocycles. The molecule has 24 heavy (non-hydrogen) atoms. The highest BCUT2D eigenvalue weighted by molar-refractivity contribution is 5.97. The Labute approximate surface area is 141 Å². The maximum absolute atomic E-state index is 13.0. The molecular weight excluding hydrogens is 308 g/mol. The smallest absolute Gasteiger partial charge is 0.308 e. The van der Waals surface area contributed by atoms with Crippen LogP contribution in [0.15, 0.2) is 6.07 Å². The summed E-state index contributed by atoms with van der Waals surface area (Å²) in [4.78, 5) is 30.6. The maximum Gasteiger partial charge on any atom is 0.308 e. The van der Waals surface area contributed by atoms with Gasteiger partial charge < -0.3 is 14.7 Å². The van der Waals surface area contributed by atoms with Gasteiger partial charge in [0.1, 0.15) is 5.56 Å². The molecule has 2 heterocycles. The van der Waals surface area contributed by atoms with Gasteiger partial charge in [0.25, 0.3) is 5.91 Å². The number of hydrogen-bond acceptors (Lipinski definition) is 4. The Morgan fingerprint density at radius 3 is 2.67 bits per heavy atom. The lowest BCUT2D eigenvalue weighted by molar-refractivity contribution is -0.142. The molecule has 0 unspecified atom stereocenters. The van der Waals surface area contributed by atoms with Gasteiger partial charge in [0.15, 0.2) is 0 Å². The van der Waals surface area contributed by atoms with E-state index < -0.39 is 11.9 Å². The summed E-state index contributed by atoms with van der Waals surface area (Å²) in [5, 5.41) is 9.46. The van der Waals surface area contributed by atoms with E-state index in [1.165, 1.54) is 7.11 Å². The molecule has 1 N–H and O–H groups in total. The van der Waals surface area contributed by atoms with E-state index in [-0.39, 0.29) is 24.3 Å². The third-order valence-corrected chi connectivity index (χ3v) is 5.27. The van der Waals surface area contributed by atoms with Gasteiger partial charge in [-0.1, -0.05) is 13.8 Å². The lowest BCUT2D eigenvalue weighted by Crippen LogP contribution is -2.30. The topological polar surface area (TPSA) is 79.7 Å². The van der Waals surface area contributed by atoms with Crippen molar-refractivity contribution in [3.63, 3.8) is 0 Å². The zero-order valence-corrected chi connectivity index (χ0v) is 14.4. The quantitative estimate of drug-likeness (QED) is 0.912. The third-order valence-electron chi connectivity index (χ3n) is 5.27. The molecule has 1 aliphatic carbocycles. The molecule has 2 aliphatic rings. The van der Waals surface area contributed by atoms with Crippen molar-refractivity contribution >= 4 is 11.9 Å². The minimum Gasteiger partial charge on any atom is -0.481 e. The number of carbonyl (C=O) groups is 2. The third kappa shape index (κ3) is 2.85. The summed E-state index contributed by atoms with van der Waals surface area (Å²) in [6.07, 6.45) is 2.89. The van der Waals surface area contributed by atoms with E-state index in [0.29, 0.717) is 18.0 Å². The predicted molar refractivity (Wildman–Crippen MR) is 88.2 cm³/mol. The molecule has 0 aromatic carbocycles. The van der Waals surface area contributed by atoms with E-state index in [4.69, 9.17) is 4.74 Å². The monoisotopic (exact) mass is 332 g/mol. The number of nitrogens with zero attached hydrogens (tertiary/aromatic N) is 2. The van der Waals surface area contributed by atoms with E-state index in [9.17, 15) is 14.7 Å². The molecule has 6 nitrogen and oxygen atoms in total. The van der Waals surface area contributed by atoms with Crippen LogP contribution in [0.3, 0.4) is 0 Å². The van der Waals surface area contributed by atoms with Crippen molar-refractivity contribution in [1.82, 2.24) is 9.88 Å². The Morgan fingerprint density at radius 2 is 2.08 bits per heavy atom. The Morgan fingerprint density at radius 1 is 1.33 bits per heavy atom. The lowest BCUT2D eigenvalue weighted by Gasteiger charge is -2.19. The van der Waals surface area contributed by atoms with Gasteiger partial charge in [0.05, 0.1) is 13.0 Å². The lowest BCUT2D eigenvalue weighted by atomic mass is 9.86. The number of likely N-dealkylation sites (tertiary alicyclic amines) is 1. The molecule has 1 aromatic rings. The van der Waals surface area contributed by atoms with Gasteiger partial charge in [0.2, 0.25) is 5.88 Å². The molecule has 6 heteroatoms. The Balaban J connectivity index is 1.88. The highest BCUT2D eigenvalue weighted by atomic mass is 16.5. The second-order valence-corrected chi connectivity index (χ2v) is 7.07. The average molecular weight is 332 g/mol. The van der Waals surface area contributed by atoms with E-state index in [0.717, 1.165) is 30.5 Å². The Bertz CT molecular complexity index is 671. The van der Waals surface area contributed by atoms with Crippen LogP contribution in [-0.4, -0.2) is 47.1 Å². The van der Waals surface area contributed by atoms with Crippen molar-refractivity contribution in [2.75, 3.05) is 20.2 Å². The number of aromatic nitrogens is 1. The van der Waals surface area contributed by atoms with Crippen LogP contribution in [0.25, 0.3) is 0 Å². The minimum atomic E-state index is -0.831. The molecule has 1 aromatic heterocycles. The number of carboxylic acid groups (broad SMARTS) is 1. The van der Waals surface area contributed by atoms with Crippen molar-refractivity contribution in [1.29, 1.82) is 0 Å². The second-order valence-electron chi connectivity index (χ2n) is 7.07. The van der Waals surface area contributed by atoms with Crippen molar-refractivity contribution < 1.29 is 19.4 Å². The van der Waals surface area contributed by atoms with Crippen molar-refractivity contribution in [3.05, 3.63) is 22.9 Å². The van der Waals surface area contributed by atoms with E-state index >= 15 is 0 Å². The summed E-state index contributed by atoms with van der Waals surface area (Å²) in [7, 11) is 1.52. The molecule has 0 radical (unpaired) electrons. The van der Waals surface area contributed by atoms with E-state index in [1.54, 1.807) is 4.90 Å². The summed E-state index contributed by atoms with van der Waals surface area (Å²) in [6, 6.07) is 1.88. The summed E-state index contributed by atoms with van der Waals surface area (Å²) >= 11 is 0. The largest absolute Gasteiger partial charge is 0.481 e. The predicted octanol–water partition coefficient (Wildman–Crippen LogP) is 2.01. The number of carbonyl (C=O) groups excluding carboxylic acids is 1. The first-order chi connectivity index (χ1) is 11.4. The molecule has 3 rings (SSSR count). The molecular formula is C18H24N2O4. The van der Waals surface area contributed by atoms with Gasteiger partial charge >= 0.3 is 5.97 Å². The van der Waals surface area contributed by atoms with Crippen LogP contribution in [0.1, 0.15) is 41.9 Å². The standard InChI is InChI=1S/C18H24N2O4/c1-10(2)13-8-20(9-14(13)18(22)23)17(21)12-7-11-5-4-6-15(11)19-16(12)24-3/h7,10,13-14H,4-6,8-9H2,1-3H3,(H,22,23)/t13-,14+/m0/s1. The molecule has 1 aliphatic heterocycles. The summed E-state index contributed by atoms with van der Waals surface area (Å²) in [5.41, 5.74) is 2.56. The van der Waals surface area contributed by atoms with Crippen molar-refractivity contribution in [2.24, 2.45) is 17.8 Å². The second kappa shape index (κ2) is 6.42. The van der Waals surface area contributed by atoms with Gasteiger partial charge in [-0.05, 0) is 42.7 Å². The zero-order chi connectivity index (χ0) is 17.4. The normalized spacial score (nSPS) is 22.8. The van der Waals surface area contributed by atoms with Crippen LogP contribution in [-0.2, 0) is 17.6 Å². The number of methoxy groups -OCH3 is 1. The van der Waals surface area contributed by atoms with Crippen LogP contribution in [0, 0.1) is 17.8 Å².